The first kappa shape index (κ1) is 13.0. The van der Waals surface area contributed by atoms with Gasteiger partial charge in [0.2, 0.25) is 0 Å². The van der Waals surface area contributed by atoms with Gasteiger partial charge in [0.05, 0.1) is 0 Å². The second-order valence-corrected chi connectivity index (χ2v) is 3.06. The molecule has 0 amide bonds. The minimum Gasteiger partial charge on any atom is -0.479 e. The molecule has 7 nitrogen and oxygen atoms in total. The number of aliphatic hydroxyl groups excluding tert-OH is 3. The van der Waals surface area contributed by atoms with E-state index in [2.05, 4.69) is 0 Å². The molecule has 4 atom stereocenters. The third kappa shape index (κ3) is 2.74. The lowest BCUT2D eigenvalue weighted by Gasteiger charge is -2.28. The topological polar surface area (TPSA) is 135 Å². The van der Waals surface area contributed by atoms with Gasteiger partial charge >= 0.3 is 5.97 Å². The molecule has 0 aliphatic carbocycles. The van der Waals surface area contributed by atoms with Crippen LogP contribution in [0.4, 0.5) is 0 Å². The van der Waals surface area contributed by atoms with E-state index in [9.17, 15) is 9.59 Å². The molecule has 0 radical (unpaired) electrons. The van der Waals surface area contributed by atoms with Gasteiger partial charge in [-0.05, 0) is 6.92 Å². The fourth-order valence-electron chi connectivity index (χ4n) is 0.734. The molecule has 0 bridgehead atoms. The van der Waals surface area contributed by atoms with E-state index in [0.717, 1.165) is 6.92 Å². The first-order chi connectivity index (χ1) is 6.24. The zero-order valence-corrected chi connectivity index (χ0v) is 7.36. The van der Waals surface area contributed by atoms with Crippen molar-refractivity contribution < 1.29 is 35.1 Å². The van der Waals surface area contributed by atoms with Crippen LogP contribution in [0, 0.1) is 0 Å². The fourth-order valence-corrected chi connectivity index (χ4v) is 0.734. The number of carbonyl (C=O) groups is 2. The zero-order chi connectivity index (χ0) is 11.5. The van der Waals surface area contributed by atoms with Crippen LogP contribution in [0.25, 0.3) is 0 Å². The van der Waals surface area contributed by atoms with E-state index in [4.69, 9.17) is 25.5 Å². The fraction of sp³-hybridized carbons (Fsp3) is 0.714. The SMILES string of the molecule is C[C@](O)(C=O)[C@@H](O)[C@H](O)[C@H](O)C(=O)O. The van der Waals surface area contributed by atoms with Crippen LogP contribution in [0.5, 0.6) is 0 Å². The Morgan fingerprint density at radius 3 is 2.07 bits per heavy atom. The van der Waals surface area contributed by atoms with Gasteiger partial charge in [0.15, 0.2) is 12.4 Å². The lowest BCUT2D eigenvalue weighted by molar-refractivity contribution is -0.173. The molecular weight excluding hydrogens is 196 g/mol. The highest BCUT2D eigenvalue weighted by atomic mass is 16.4. The number of carboxylic acid groups (broad SMARTS) is 1. The maximum absolute atomic E-state index is 10.2. The van der Waals surface area contributed by atoms with Gasteiger partial charge in [-0.3, -0.25) is 0 Å². The van der Waals surface area contributed by atoms with Crippen LogP contribution in [0.1, 0.15) is 6.92 Å². The molecular formula is C7H12O7. The standard InChI is InChI=1S/C7H12O7/c1-7(14,2-8)5(11)3(9)4(10)6(12)13/h2-5,9-11,14H,1H3,(H,12,13)/t3-,4+,5+,7+/m1/s1. The molecule has 0 saturated carbocycles. The summed E-state index contributed by atoms with van der Waals surface area (Å²) in [5, 5.41) is 44.3. The summed E-state index contributed by atoms with van der Waals surface area (Å²) in [5.74, 6) is -1.77. The minimum atomic E-state index is -2.31. The van der Waals surface area contributed by atoms with Gasteiger partial charge in [0.1, 0.15) is 17.8 Å². The summed E-state index contributed by atoms with van der Waals surface area (Å²) in [6, 6.07) is 0. The Bertz CT molecular complexity index is 224. The number of aliphatic hydroxyl groups is 4. The van der Waals surface area contributed by atoms with E-state index in [1.807, 2.05) is 0 Å². The van der Waals surface area contributed by atoms with Crippen LogP contribution in [0.3, 0.4) is 0 Å². The predicted octanol–water partition coefficient (Wildman–Crippen LogP) is -2.90. The molecule has 0 aromatic heterocycles. The lowest BCUT2D eigenvalue weighted by Crippen LogP contribution is -2.54. The number of hydrogen-bond acceptors (Lipinski definition) is 6. The van der Waals surface area contributed by atoms with Crippen molar-refractivity contribution in [2.75, 3.05) is 0 Å². The van der Waals surface area contributed by atoms with Crippen LogP contribution in [-0.4, -0.2) is 61.7 Å². The molecule has 0 aromatic carbocycles. The molecule has 82 valence electrons. The summed E-state index contributed by atoms with van der Waals surface area (Å²) in [4.78, 5) is 20.4. The Kier molecular flexibility index (Phi) is 4.14. The monoisotopic (exact) mass is 208 g/mol. The van der Waals surface area contributed by atoms with E-state index in [1.165, 1.54) is 0 Å². The maximum Gasteiger partial charge on any atom is 0.335 e. The van der Waals surface area contributed by atoms with Crippen LogP contribution in [0.15, 0.2) is 0 Å². The van der Waals surface area contributed by atoms with Crippen molar-refractivity contribution in [3.8, 4) is 0 Å². The Morgan fingerprint density at radius 2 is 1.79 bits per heavy atom. The Morgan fingerprint density at radius 1 is 1.36 bits per heavy atom. The van der Waals surface area contributed by atoms with Crippen molar-refractivity contribution in [2.24, 2.45) is 0 Å². The molecule has 7 heteroatoms. The highest BCUT2D eigenvalue weighted by Crippen LogP contribution is 2.13. The Balaban J connectivity index is 4.61. The van der Waals surface area contributed by atoms with Gasteiger partial charge in [-0.15, -0.1) is 0 Å². The summed E-state index contributed by atoms with van der Waals surface area (Å²) >= 11 is 0. The average molecular weight is 208 g/mol. The van der Waals surface area contributed by atoms with Gasteiger partial charge in [-0.2, -0.15) is 0 Å². The van der Waals surface area contributed by atoms with Crippen molar-refractivity contribution in [3.05, 3.63) is 0 Å². The van der Waals surface area contributed by atoms with Crippen LogP contribution in [-0.2, 0) is 9.59 Å². The smallest absolute Gasteiger partial charge is 0.335 e. The summed E-state index contributed by atoms with van der Waals surface area (Å²) < 4.78 is 0. The van der Waals surface area contributed by atoms with E-state index in [0.29, 0.717) is 0 Å². The molecule has 0 saturated heterocycles. The van der Waals surface area contributed by atoms with Crippen LogP contribution >= 0.6 is 0 Å². The van der Waals surface area contributed by atoms with E-state index in [-0.39, 0.29) is 6.29 Å². The largest absolute Gasteiger partial charge is 0.479 e. The molecule has 0 rings (SSSR count). The summed E-state index contributed by atoms with van der Waals surface area (Å²) in [6.45, 7) is 0.877. The summed E-state index contributed by atoms with van der Waals surface area (Å²) in [5.41, 5.74) is -2.31. The minimum absolute atomic E-state index is 0.0601. The highest BCUT2D eigenvalue weighted by molar-refractivity contribution is 5.73. The molecule has 0 aliphatic rings. The van der Waals surface area contributed by atoms with Crippen molar-refractivity contribution >= 4 is 12.3 Å². The van der Waals surface area contributed by atoms with Gasteiger partial charge < -0.3 is 30.3 Å². The molecule has 0 aromatic rings. The molecule has 0 fully saturated rings. The van der Waals surface area contributed by atoms with Gasteiger partial charge in [0, 0.05) is 0 Å². The molecule has 0 heterocycles. The highest BCUT2D eigenvalue weighted by Gasteiger charge is 2.41. The normalized spacial score (nSPS) is 21.8. The first-order valence-corrected chi connectivity index (χ1v) is 3.69. The second-order valence-electron chi connectivity index (χ2n) is 3.06. The summed E-state index contributed by atoms with van der Waals surface area (Å²) in [6.07, 6.45) is -6.55. The lowest BCUT2D eigenvalue weighted by atomic mass is 9.93. The number of rotatable bonds is 5. The number of carboxylic acids is 1. The van der Waals surface area contributed by atoms with Crippen LogP contribution in [0.2, 0.25) is 0 Å². The second kappa shape index (κ2) is 4.47. The Hall–Kier alpha value is -1.02. The summed E-state index contributed by atoms with van der Waals surface area (Å²) in [7, 11) is 0. The van der Waals surface area contributed by atoms with E-state index >= 15 is 0 Å². The number of carbonyl (C=O) groups excluding carboxylic acids is 1. The number of hydrogen-bond donors (Lipinski definition) is 5. The van der Waals surface area contributed by atoms with Crippen LogP contribution < -0.4 is 0 Å². The molecule has 14 heavy (non-hydrogen) atoms. The molecule has 0 unspecified atom stereocenters. The van der Waals surface area contributed by atoms with Gasteiger partial charge in [-0.1, -0.05) is 0 Å². The molecule has 0 aliphatic heterocycles. The molecule has 0 spiro atoms. The third-order valence-corrected chi connectivity index (χ3v) is 1.74. The van der Waals surface area contributed by atoms with E-state index < -0.39 is 29.9 Å². The van der Waals surface area contributed by atoms with Gasteiger partial charge in [-0.25, -0.2) is 4.79 Å². The maximum atomic E-state index is 10.2. The quantitative estimate of drug-likeness (QED) is 0.306. The predicted molar refractivity (Wildman–Crippen MR) is 42.3 cm³/mol. The third-order valence-electron chi connectivity index (χ3n) is 1.74. The molecule has 5 N–H and O–H groups in total. The zero-order valence-electron chi connectivity index (χ0n) is 7.36. The van der Waals surface area contributed by atoms with Crippen molar-refractivity contribution in [2.45, 2.75) is 30.8 Å². The van der Waals surface area contributed by atoms with E-state index in [1.54, 1.807) is 0 Å². The first-order valence-electron chi connectivity index (χ1n) is 3.69. The average Bonchev–Trinajstić information content (AvgIpc) is 2.14. The van der Waals surface area contributed by atoms with Crippen molar-refractivity contribution in [1.29, 1.82) is 0 Å². The van der Waals surface area contributed by atoms with Gasteiger partial charge in [0.25, 0.3) is 0 Å². The number of aliphatic carboxylic acids is 1. The Labute approximate surface area is 79.2 Å². The van der Waals surface area contributed by atoms with Crippen molar-refractivity contribution in [1.82, 2.24) is 0 Å². The number of aldehydes is 1. The van der Waals surface area contributed by atoms with Crippen molar-refractivity contribution in [3.63, 3.8) is 0 Å².